The highest BCUT2D eigenvalue weighted by molar-refractivity contribution is 5.78. The Morgan fingerprint density at radius 1 is 1.45 bits per heavy atom. The second-order valence-electron chi connectivity index (χ2n) is 4.87. The maximum atomic E-state index is 5.75. The molecule has 0 saturated carbocycles. The largest absolute Gasteiger partial charge is 0.370 e. The van der Waals surface area contributed by atoms with Crippen LogP contribution in [0.4, 0.5) is 0 Å². The zero-order chi connectivity index (χ0) is 14.4. The van der Waals surface area contributed by atoms with E-state index in [0.717, 1.165) is 36.1 Å². The van der Waals surface area contributed by atoms with Gasteiger partial charge in [-0.15, -0.1) is 0 Å². The third kappa shape index (κ3) is 3.85. The van der Waals surface area contributed by atoms with E-state index in [1.54, 1.807) is 0 Å². The summed E-state index contributed by atoms with van der Waals surface area (Å²) >= 11 is 0. The molecule has 0 spiro atoms. The van der Waals surface area contributed by atoms with Crippen LogP contribution in [-0.2, 0) is 6.54 Å². The SMILES string of the molecule is C=C(C)CN=C(N)NCCCn1cnc2ccccc21. The van der Waals surface area contributed by atoms with Gasteiger partial charge in [-0.3, -0.25) is 0 Å². The van der Waals surface area contributed by atoms with Crippen molar-refractivity contribution in [2.45, 2.75) is 19.9 Å². The summed E-state index contributed by atoms with van der Waals surface area (Å²) in [6, 6.07) is 8.13. The lowest BCUT2D eigenvalue weighted by Crippen LogP contribution is -2.33. The first kappa shape index (κ1) is 14.1. The molecule has 0 aliphatic carbocycles. The molecule has 0 radical (unpaired) electrons. The summed E-state index contributed by atoms with van der Waals surface area (Å²) in [5.41, 5.74) is 8.94. The van der Waals surface area contributed by atoms with Crippen LogP contribution >= 0.6 is 0 Å². The highest BCUT2D eigenvalue weighted by Gasteiger charge is 2.00. The lowest BCUT2D eigenvalue weighted by molar-refractivity contribution is 0.642. The van der Waals surface area contributed by atoms with Gasteiger partial charge in [0.25, 0.3) is 0 Å². The number of aliphatic imine (C=N–C) groups is 1. The van der Waals surface area contributed by atoms with Gasteiger partial charge in [0.1, 0.15) is 0 Å². The van der Waals surface area contributed by atoms with E-state index in [-0.39, 0.29) is 0 Å². The van der Waals surface area contributed by atoms with Crippen molar-refractivity contribution in [3.05, 3.63) is 42.7 Å². The second kappa shape index (κ2) is 6.75. The summed E-state index contributed by atoms with van der Waals surface area (Å²) in [6.45, 7) is 7.99. The molecule has 0 aliphatic heterocycles. The Labute approximate surface area is 119 Å². The highest BCUT2D eigenvalue weighted by Crippen LogP contribution is 2.11. The van der Waals surface area contributed by atoms with Gasteiger partial charge in [-0.1, -0.05) is 24.3 Å². The minimum absolute atomic E-state index is 0.475. The van der Waals surface area contributed by atoms with Crippen LogP contribution in [0.1, 0.15) is 13.3 Å². The summed E-state index contributed by atoms with van der Waals surface area (Å²) in [5.74, 6) is 0.475. The normalized spacial score (nSPS) is 11.8. The predicted molar refractivity (Wildman–Crippen MR) is 83.7 cm³/mol. The number of aryl methyl sites for hydroxylation is 1. The molecule has 3 N–H and O–H groups in total. The zero-order valence-electron chi connectivity index (χ0n) is 11.8. The maximum absolute atomic E-state index is 5.75. The number of imidazole rings is 1. The van der Waals surface area contributed by atoms with Crippen molar-refractivity contribution in [1.82, 2.24) is 14.9 Å². The van der Waals surface area contributed by atoms with Gasteiger partial charge in [0.05, 0.1) is 23.9 Å². The van der Waals surface area contributed by atoms with E-state index >= 15 is 0 Å². The summed E-state index contributed by atoms with van der Waals surface area (Å²) in [5, 5.41) is 3.10. The maximum Gasteiger partial charge on any atom is 0.188 e. The van der Waals surface area contributed by atoms with Crippen LogP contribution in [0.25, 0.3) is 11.0 Å². The van der Waals surface area contributed by atoms with E-state index in [4.69, 9.17) is 5.73 Å². The van der Waals surface area contributed by atoms with Crippen LogP contribution in [0, 0.1) is 0 Å². The molecular formula is C15H21N5. The van der Waals surface area contributed by atoms with E-state index in [9.17, 15) is 0 Å². The number of nitrogens with two attached hydrogens (primary N) is 1. The monoisotopic (exact) mass is 271 g/mol. The van der Waals surface area contributed by atoms with Crippen LogP contribution in [0.3, 0.4) is 0 Å². The molecule has 1 aromatic heterocycles. The zero-order valence-corrected chi connectivity index (χ0v) is 11.8. The minimum atomic E-state index is 0.475. The molecule has 0 unspecified atom stereocenters. The number of para-hydroxylation sites is 2. The van der Waals surface area contributed by atoms with Crippen LogP contribution in [0.15, 0.2) is 47.7 Å². The van der Waals surface area contributed by atoms with E-state index in [1.807, 2.05) is 31.5 Å². The van der Waals surface area contributed by atoms with Crippen molar-refractivity contribution in [3.63, 3.8) is 0 Å². The molecule has 0 bridgehead atoms. The highest BCUT2D eigenvalue weighted by atomic mass is 15.1. The number of hydrogen-bond donors (Lipinski definition) is 2. The summed E-state index contributed by atoms with van der Waals surface area (Å²) < 4.78 is 2.15. The molecule has 0 atom stereocenters. The summed E-state index contributed by atoms with van der Waals surface area (Å²) in [4.78, 5) is 8.54. The molecule has 0 amide bonds. The third-order valence-corrected chi connectivity index (χ3v) is 2.93. The fraction of sp³-hybridized carbons (Fsp3) is 0.333. The molecule has 5 nitrogen and oxygen atoms in total. The van der Waals surface area contributed by atoms with Crippen molar-refractivity contribution < 1.29 is 0 Å². The Hall–Kier alpha value is -2.30. The number of nitrogens with zero attached hydrogens (tertiary/aromatic N) is 3. The van der Waals surface area contributed by atoms with Crippen molar-refractivity contribution in [2.24, 2.45) is 10.7 Å². The number of nitrogens with one attached hydrogen (secondary N) is 1. The lowest BCUT2D eigenvalue weighted by Gasteiger charge is -2.07. The number of fused-ring (bicyclic) bond motifs is 1. The molecule has 20 heavy (non-hydrogen) atoms. The van der Waals surface area contributed by atoms with E-state index in [1.165, 1.54) is 0 Å². The molecule has 0 fully saturated rings. The molecular weight excluding hydrogens is 250 g/mol. The number of benzene rings is 1. The first-order chi connectivity index (χ1) is 9.66. The Kier molecular flexibility index (Phi) is 4.76. The molecule has 1 heterocycles. The Bertz CT molecular complexity index is 612. The lowest BCUT2D eigenvalue weighted by atomic mass is 10.3. The van der Waals surface area contributed by atoms with E-state index < -0.39 is 0 Å². The van der Waals surface area contributed by atoms with Crippen LogP contribution < -0.4 is 11.1 Å². The Balaban J connectivity index is 1.79. The van der Waals surface area contributed by atoms with Gasteiger partial charge in [0, 0.05) is 13.1 Å². The van der Waals surface area contributed by atoms with Crippen LogP contribution in [-0.4, -0.2) is 28.6 Å². The first-order valence-corrected chi connectivity index (χ1v) is 6.75. The smallest absolute Gasteiger partial charge is 0.188 e. The van der Waals surface area contributed by atoms with Crippen molar-refractivity contribution >= 4 is 17.0 Å². The Morgan fingerprint density at radius 3 is 3.05 bits per heavy atom. The quantitative estimate of drug-likeness (QED) is 0.365. The fourth-order valence-corrected chi connectivity index (χ4v) is 1.93. The van der Waals surface area contributed by atoms with Gasteiger partial charge >= 0.3 is 0 Å². The topological polar surface area (TPSA) is 68.2 Å². The van der Waals surface area contributed by atoms with Crippen molar-refractivity contribution in [3.8, 4) is 0 Å². The Morgan fingerprint density at radius 2 is 2.25 bits per heavy atom. The van der Waals surface area contributed by atoms with E-state index in [0.29, 0.717) is 12.5 Å². The van der Waals surface area contributed by atoms with Crippen LogP contribution in [0.2, 0.25) is 0 Å². The van der Waals surface area contributed by atoms with Crippen molar-refractivity contribution in [1.29, 1.82) is 0 Å². The standard InChI is InChI=1S/C15H21N5/c1-12(2)10-18-15(16)17-8-5-9-20-11-19-13-6-3-4-7-14(13)20/h3-4,6-7,11H,1,5,8-10H2,2H3,(H3,16,17,18). The van der Waals surface area contributed by atoms with Crippen molar-refractivity contribution in [2.75, 3.05) is 13.1 Å². The molecule has 106 valence electrons. The molecule has 1 aromatic carbocycles. The van der Waals surface area contributed by atoms with Gasteiger partial charge in [-0.25, -0.2) is 9.98 Å². The molecule has 5 heteroatoms. The average molecular weight is 271 g/mol. The van der Waals surface area contributed by atoms with Gasteiger partial charge in [-0.2, -0.15) is 0 Å². The minimum Gasteiger partial charge on any atom is -0.370 e. The molecule has 2 rings (SSSR count). The average Bonchev–Trinajstić information content (AvgIpc) is 2.85. The van der Waals surface area contributed by atoms with Crippen LogP contribution in [0.5, 0.6) is 0 Å². The summed E-state index contributed by atoms with van der Waals surface area (Å²) in [7, 11) is 0. The molecule has 0 aliphatic rings. The fourth-order valence-electron chi connectivity index (χ4n) is 1.93. The number of hydrogen-bond acceptors (Lipinski definition) is 2. The van der Waals surface area contributed by atoms with Gasteiger partial charge in [-0.05, 0) is 25.5 Å². The molecule has 0 saturated heterocycles. The number of rotatable bonds is 6. The first-order valence-electron chi connectivity index (χ1n) is 6.75. The van der Waals surface area contributed by atoms with Gasteiger partial charge in [0.2, 0.25) is 0 Å². The predicted octanol–water partition coefficient (Wildman–Crippen LogP) is 1.91. The number of guanidine groups is 1. The van der Waals surface area contributed by atoms with E-state index in [2.05, 4.69) is 32.5 Å². The second-order valence-corrected chi connectivity index (χ2v) is 4.87. The molecule has 2 aromatic rings. The number of aromatic nitrogens is 2. The van der Waals surface area contributed by atoms with Gasteiger partial charge in [0.15, 0.2) is 5.96 Å². The summed E-state index contributed by atoms with van der Waals surface area (Å²) in [6.07, 6.45) is 2.84. The third-order valence-electron chi connectivity index (χ3n) is 2.93. The van der Waals surface area contributed by atoms with Gasteiger partial charge < -0.3 is 15.6 Å².